The molecule has 1 aliphatic carbocycles. The van der Waals surface area contributed by atoms with Crippen molar-refractivity contribution in [2.45, 2.75) is 57.5 Å². The molecule has 0 bridgehead atoms. The monoisotopic (exact) mass is 272 g/mol. The third-order valence-corrected chi connectivity index (χ3v) is 4.63. The maximum atomic E-state index is 12.3. The molecule has 0 spiro atoms. The number of fused-ring (bicyclic) bond motifs is 1. The molecule has 1 saturated carbocycles. The van der Waals surface area contributed by atoms with Crippen LogP contribution >= 0.6 is 0 Å². The molecular weight excluding hydrogens is 248 g/mol. The van der Waals surface area contributed by atoms with Crippen molar-refractivity contribution in [3.05, 3.63) is 29.8 Å². The highest BCUT2D eigenvalue weighted by atomic mass is 16.2. The van der Waals surface area contributed by atoms with Crippen LogP contribution in [0.4, 0.5) is 5.69 Å². The lowest BCUT2D eigenvalue weighted by Crippen LogP contribution is -2.44. The van der Waals surface area contributed by atoms with Crippen molar-refractivity contribution < 1.29 is 4.79 Å². The zero-order valence-corrected chi connectivity index (χ0v) is 12.3. The van der Waals surface area contributed by atoms with E-state index < -0.39 is 0 Å². The van der Waals surface area contributed by atoms with Crippen LogP contribution in [0.1, 0.15) is 44.6 Å². The largest absolute Gasteiger partial charge is 0.359 e. The Hall–Kier alpha value is -1.51. The molecule has 0 radical (unpaired) electrons. The fourth-order valence-corrected chi connectivity index (χ4v) is 3.55. The third-order valence-electron chi connectivity index (χ3n) is 4.63. The van der Waals surface area contributed by atoms with E-state index in [0.29, 0.717) is 18.6 Å². The topological polar surface area (TPSA) is 32.3 Å². The van der Waals surface area contributed by atoms with Crippen molar-refractivity contribution in [2.75, 3.05) is 11.4 Å². The van der Waals surface area contributed by atoms with Crippen LogP contribution in [0.5, 0.6) is 0 Å². The average Bonchev–Trinajstić information content (AvgIpc) is 2.76. The molecular formula is C17H24N2O. The van der Waals surface area contributed by atoms with Crippen molar-refractivity contribution in [1.29, 1.82) is 0 Å². The molecule has 2 aliphatic rings. The smallest absolute Gasteiger partial charge is 0.239 e. The van der Waals surface area contributed by atoms with Crippen molar-refractivity contribution in [2.24, 2.45) is 0 Å². The van der Waals surface area contributed by atoms with Crippen LogP contribution in [0.3, 0.4) is 0 Å². The second-order valence-electron chi connectivity index (χ2n) is 6.21. The van der Waals surface area contributed by atoms with E-state index in [0.717, 1.165) is 19.3 Å². The Morgan fingerprint density at radius 3 is 2.80 bits per heavy atom. The van der Waals surface area contributed by atoms with Gasteiger partial charge in [0.15, 0.2) is 0 Å². The number of hydrogen-bond donors (Lipinski definition) is 1. The van der Waals surface area contributed by atoms with Gasteiger partial charge in [-0.05, 0) is 37.8 Å². The molecule has 20 heavy (non-hydrogen) atoms. The van der Waals surface area contributed by atoms with Gasteiger partial charge in [0.25, 0.3) is 0 Å². The standard InChI is InChI=1S/C17H24N2O/c1-13-11-14-7-5-6-10-16(14)19(13)12-17(20)18-15-8-3-2-4-9-15/h5-7,10,13,15H,2-4,8-9,11-12H2,1H3,(H,18,20). The number of benzene rings is 1. The van der Waals surface area contributed by atoms with Crippen molar-refractivity contribution in [3.63, 3.8) is 0 Å². The molecule has 1 amide bonds. The van der Waals surface area contributed by atoms with Crippen LogP contribution < -0.4 is 10.2 Å². The number of anilines is 1. The summed E-state index contributed by atoms with van der Waals surface area (Å²) in [6.07, 6.45) is 7.19. The van der Waals surface area contributed by atoms with Gasteiger partial charge in [0, 0.05) is 17.8 Å². The molecule has 3 rings (SSSR count). The normalized spacial score (nSPS) is 22.6. The highest BCUT2D eigenvalue weighted by Gasteiger charge is 2.27. The lowest BCUT2D eigenvalue weighted by Gasteiger charge is -2.27. The van der Waals surface area contributed by atoms with Gasteiger partial charge in [0.1, 0.15) is 0 Å². The number of carbonyl (C=O) groups excluding carboxylic acids is 1. The molecule has 1 fully saturated rings. The summed E-state index contributed by atoms with van der Waals surface area (Å²) in [5, 5.41) is 3.22. The Labute approximate surface area is 121 Å². The Balaban J connectivity index is 1.61. The average molecular weight is 272 g/mol. The summed E-state index contributed by atoms with van der Waals surface area (Å²) in [6, 6.07) is 9.27. The van der Waals surface area contributed by atoms with E-state index in [1.54, 1.807) is 0 Å². The van der Waals surface area contributed by atoms with Crippen LogP contribution in [0.15, 0.2) is 24.3 Å². The predicted molar refractivity (Wildman–Crippen MR) is 82.0 cm³/mol. The molecule has 1 aromatic carbocycles. The summed E-state index contributed by atoms with van der Waals surface area (Å²) < 4.78 is 0. The van der Waals surface area contributed by atoms with E-state index in [4.69, 9.17) is 0 Å². The van der Waals surface area contributed by atoms with Gasteiger partial charge in [0.05, 0.1) is 6.54 Å². The maximum Gasteiger partial charge on any atom is 0.239 e. The molecule has 1 unspecified atom stereocenters. The summed E-state index contributed by atoms with van der Waals surface area (Å²) in [5.74, 6) is 0.181. The number of nitrogens with zero attached hydrogens (tertiary/aromatic N) is 1. The van der Waals surface area contributed by atoms with Gasteiger partial charge in [0.2, 0.25) is 5.91 Å². The van der Waals surface area contributed by atoms with Crippen molar-refractivity contribution in [3.8, 4) is 0 Å². The second-order valence-corrected chi connectivity index (χ2v) is 6.21. The molecule has 1 heterocycles. The van der Waals surface area contributed by atoms with E-state index >= 15 is 0 Å². The highest BCUT2D eigenvalue weighted by Crippen LogP contribution is 2.31. The van der Waals surface area contributed by atoms with Crippen LogP contribution in [0.25, 0.3) is 0 Å². The lowest BCUT2D eigenvalue weighted by atomic mass is 9.95. The fraction of sp³-hybridized carbons (Fsp3) is 0.588. The van der Waals surface area contributed by atoms with E-state index in [1.807, 2.05) is 0 Å². The van der Waals surface area contributed by atoms with Gasteiger partial charge < -0.3 is 10.2 Å². The molecule has 0 saturated heterocycles. The molecule has 1 aliphatic heterocycles. The first kappa shape index (κ1) is 13.5. The van der Waals surface area contributed by atoms with Gasteiger partial charge in [-0.1, -0.05) is 37.5 Å². The third kappa shape index (κ3) is 2.82. The number of nitrogens with one attached hydrogen (secondary N) is 1. The van der Waals surface area contributed by atoms with Gasteiger partial charge >= 0.3 is 0 Å². The number of rotatable bonds is 3. The van der Waals surface area contributed by atoms with Gasteiger partial charge in [-0.15, -0.1) is 0 Å². The summed E-state index contributed by atoms with van der Waals surface area (Å²) in [7, 11) is 0. The summed E-state index contributed by atoms with van der Waals surface area (Å²) >= 11 is 0. The van der Waals surface area contributed by atoms with Gasteiger partial charge in [-0.3, -0.25) is 4.79 Å². The Morgan fingerprint density at radius 1 is 1.25 bits per heavy atom. The van der Waals surface area contributed by atoms with E-state index in [1.165, 1.54) is 30.5 Å². The van der Waals surface area contributed by atoms with Crippen LogP contribution in [0, 0.1) is 0 Å². The fourth-order valence-electron chi connectivity index (χ4n) is 3.55. The zero-order chi connectivity index (χ0) is 13.9. The van der Waals surface area contributed by atoms with E-state index in [-0.39, 0.29) is 5.91 Å². The van der Waals surface area contributed by atoms with Crippen molar-refractivity contribution in [1.82, 2.24) is 5.32 Å². The quantitative estimate of drug-likeness (QED) is 0.917. The number of para-hydroxylation sites is 1. The first-order chi connectivity index (χ1) is 9.74. The summed E-state index contributed by atoms with van der Waals surface area (Å²) in [4.78, 5) is 14.5. The minimum Gasteiger partial charge on any atom is -0.359 e. The highest BCUT2D eigenvalue weighted by molar-refractivity contribution is 5.82. The van der Waals surface area contributed by atoms with E-state index in [9.17, 15) is 4.79 Å². The first-order valence-electron chi connectivity index (χ1n) is 7.88. The Kier molecular flexibility index (Phi) is 3.95. The minimum absolute atomic E-state index is 0.181. The minimum atomic E-state index is 0.181. The van der Waals surface area contributed by atoms with E-state index in [2.05, 4.69) is 41.4 Å². The zero-order valence-electron chi connectivity index (χ0n) is 12.3. The molecule has 0 aromatic heterocycles. The Bertz CT molecular complexity index is 480. The summed E-state index contributed by atoms with van der Waals surface area (Å²) in [6.45, 7) is 2.70. The van der Waals surface area contributed by atoms with Crippen LogP contribution in [0.2, 0.25) is 0 Å². The Morgan fingerprint density at radius 2 is 2.00 bits per heavy atom. The van der Waals surface area contributed by atoms with Gasteiger partial charge in [-0.2, -0.15) is 0 Å². The molecule has 1 atom stereocenters. The molecule has 3 nitrogen and oxygen atoms in total. The number of amides is 1. The van der Waals surface area contributed by atoms with Crippen LogP contribution in [-0.4, -0.2) is 24.5 Å². The second kappa shape index (κ2) is 5.86. The molecule has 1 aromatic rings. The van der Waals surface area contributed by atoms with Crippen molar-refractivity contribution >= 4 is 11.6 Å². The number of carbonyl (C=O) groups is 1. The lowest BCUT2D eigenvalue weighted by molar-refractivity contribution is -0.120. The first-order valence-corrected chi connectivity index (χ1v) is 7.88. The number of hydrogen-bond acceptors (Lipinski definition) is 2. The predicted octanol–water partition coefficient (Wildman–Crippen LogP) is 2.89. The van der Waals surface area contributed by atoms with Crippen LogP contribution in [-0.2, 0) is 11.2 Å². The SMILES string of the molecule is CC1Cc2ccccc2N1CC(=O)NC1CCCCC1. The molecule has 3 heteroatoms. The molecule has 1 N–H and O–H groups in total. The maximum absolute atomic E-state index is 12.3. The van der Waals surface area contributed by atoms with Gasteiger partial charge in [-0.25, -0.2) is 0 Å². The summed E-state index contributed by atoms with van der Waals surface area (Å²) in [5.41, 5.74) is 2.60. The molecule has 108 valence electrons.